The van der Waals surface area contributed by atoms with Crippen molar-refractivity contribution >= 4 is 31.9 Å². The molecule has 0 aliphatic heterocycles. The van der Waals surface area contributed by atoms with Crippen LogP contribution < -0.4 is 10.1 Å². The fourth-order valence-corrected chi connectivity index (χ4v) is 2.89. The molecule has 96 valence electrons. The molecule has 1 rings (SSSR count). The Labute approximate surface area is 119 Å². The monoisotopic (exact) mass is 365 g/mol. The van der Waals surface area contributed by atoms with Crippen LogP contribution in [0, 0.1) is 0 Å². The lowest BCUT2D eigenvalue weighted by Crippen LogP contribution is -2.24. The molecule has 0 heterocycles. The number of halogens is 2. The van der Waals surface area contributed by atoms with Crippen molar-refractivity contribution in [2.45, 2.75) is 26.5 Å². The minimum absolute atomic E-state index is 0.346. The zero-order chi connectivity index (χ0) is 12.8. The average Bonchev–Trinajstić information content (AvgIpc) is 2.22. The summed E-state index contributed by atoms with van der Waals surface area (Å²) < 4.78 is 7.54. The lowest BCUT2D eigenvalue weighted by atomic mass is 10.2. The number of aliphatic hydroxyl groups excluding tert-OH is 1. The first kappa shape index (κ1) is 15.0. The van der Waals surface area contributed by atoms with Crippen LogP contribution in [0.1, 0.15) is 19.4 Å². The molecule has 1 aromatic rings. The topological polar surface area (TPSA) is 41.5 Å². The second kappa shape index (κ2) is 7.36. The van der Waals surface area contributed by atoms with Gasteiger partial charge in [-0.3, -0.25) is 0 Å². The van der Waals surface area contributed by atoms with Gasteiger partial charge in [0.15, 0.2) is 0 Å². The molecule has 0 saturated heterocycles. The third kappa shape index (κ3) is 4.95. The van der Waals surface area contributed by atoms with Gasteiger partial charge in [-0.1, -0.05) is 15.9 Å². The van der Waals surface area contributed by atoms with Crippen molar-refractivity contribution in [2.24, 2.45) is 0 Å². The van der Waals surface area contributed by atoms with Crippen molar-refractivity contribution in [3.8, 4) is 5.75 Å². The minimum atomic E-state index is -0.346. The molecule has 0 radical (unpaired) electrons. The highest BCUT2D eigenvalue weighted by Crippen LogP contribution is 2.32. The third-order valence-electron chi connectivity index (χ3n) is 2.13. The third-order valence-corrected chi connectivity index (χ3v) is 3.18. The summed E-state index contributed by atoms with van der Waals surface area (Å²) in [5.74, 6) is 0.855. The van der Waals surface area contributed by atoms with Gasteiger partial charge in [-0.15, -0.1) is 0 Å². The molecule has 0 aromatic heterocycles. The van der Waals surface area contributed by atoms with E-state index in [1.165, 1.54) is 0 Å². The molecule has 17 heavy (non-hydrogen) atoms. The van der Waals surface area contributed by atoms with Crippen molar-refractivity contribution < 1.29 is 9.84 Å². The fourth-order valence-electron chi connectivity index (χ4n) is 1.47. The summed E-state index contributed by atoms with van der Waals surface area (Å²) >= 11 is 6.94. The van der Waals surface area contributed by atoms with Crippen molar-refractivity contribution in [2.75, 3.05) is 13.2 Å². The Balaban J connectivity index is 2.80. The number of nitrogens with one attached hydrogen (secondary N) is 1. The van der Waals surface area contributed by atoms with Gasteiger partial charge in [0.25, 0.3) is 0 Å². The summed E-state index contributed by atoms with van der Waals surface area (Å²) in [7, 11) is 0. The molecule has 0 unspecified atom stereocenters. The van der Waals surface area contributed by atoms with Crippen LogP contribution in [0.3, 0.4) is 0 Å². The molecular formula is C12H17Br2NO2. The Hall–Kier alpha value is -0.100. The van der Waals surface area contributed by atoms with Crippen molar-refractivity contribution in [1.82, 2.24) is 5.32 Å². The van der Waals surface area contributed by atoms with Gasteiger partial charge < -0.3 is 15.2 Å². The number of ether oxygens (including phenoxy) is 1. The van der Waals surface area contributed by atoms with E-state index >= 15 is 0 Å². The second-order valence-corrected chi connectivity index (χ2v) is 5.56. The number of hydrogen-bond donors (Lipinski definition) is 2. The van der Waals surface area contributed by atoms with Crippen LogP contribution >= 0.6 is 31.9 Å². The molecule has 0 amide bonds. The lowest BCUT2D eigenvalue weighted by Gasteiger charge is -2.14. The molecule has 3 nitrogen and oxygen atoms in total. The SMILES string of the molecule is CCOc1c(Br)cc(Br)cc1CNC[C@H](C)O. The van der Waals surface area contributed by atoms with Crippen LogP contribution in [0.15, 0.2) is 21.1 Å². The van der Waals surface area contributed by atoms with E-state index in [1.54, 1.807) is 6.92 Å². The smallest absolute Gasteiger partial charge is 0.138 e. The number of benzene rings is 1. The van der Waals surface area contributed by atoms with E-state index in [0.29, 0.717) is 19.7 Å². The van der Waals surface area contributed by atoms with Gasteiger partial charge in [-0.05, 0) is 41.9 Å². The van der Waals surface area contributed by atoms with Gasteiger partial charge in [0, 0.05) is 23.1 Å². The quantitative estimate of drug-likeness (QED) is 0.812. The Kier molecular flexibility index (Phi) is 6.48. The average molecular weight is 367 g/mol. The first-order valence-electron chi connectivity index (χ1n) is 5.54. The Morgan fingerprint density at radius 2 is 2.12 bits per heavy atom. The van der Waals surface area contributed by atoms with Gasteiger partial charge in [0.05, 0.1) is 17.2 Å². The van der Waals surface area contributed by atoms with Crippen LogP contribution in [-0.4, -0.2) is 24.4 Å². The summed E-state index contributed by atoms with van der Waals surface area (Å²) in [4.78, 5) is 0. The van der Waals surface area contributed by atoms with Crippen LogP contribution in [-0.2, 0) is 6.54 Å². The number of aliphatic hydroxyl groups is 1. The maximum Gasteiger partial charge on any atom is 0.138 e. The molecule has 2 N–H and O–H groups in total. The number of rotatable bonds is 6. The predicted molar refractivity (Wildman–Crippen MR) is 76.4 cm³/mol. The summed E-state index contributed by atoms with van der Waals surface area (Å²) in [6, 6.07) is 3.98. The second-order valence-electron chi connectivity index (χ2n) is 3.79. The first-order valence-corrected chi connectivity index (χ1v) is 7.12. The van der Waals surface area contributed by atoms with Gasteiger partial charge in [0.1, 0.15) is 5.75 Å². The highest BCUT2D eigenvalue weighted by molar-refractivity contribution is 9.11. The van der Waals surface area contributed by atoms with Crippen LogP contribution in [0.2, 0.25) is 0 Å². The van der Waals surface area contributed by atoms with Gasteiger partial charge in [0.2, 0.25) is 0 Å². The normalized spacial score (nSPS) is 12.5. The highest BCUT2D eigenvalue weighted by atomic mass is 79.9. The minimum Gasteiger partial charge on any atom is -0.492 e. The van der Waals surface area contributed by atoms with E-state index in [4.69, 9.17) is 4.74 Å². The van der Waals surface area contributed by atoms with E-state index in [2.05, 4.69) is 37.2 Å². The fraction of sp³-hybridized carbons (Fsp3) is 0.500. The largest absolute Gasteiger partial charge is 0.492 e. The molecule has 1 aromatic carbocycles. The Morgan fingerprint density at radius 1 is 1.41 bits per heavy atom. The summed E-state index contributed by atoms with van der Waals surface area (Å²) in [5.41, 5.74) is 1.06. The molecule has 0 aliphatic rings. The number of hydrogen-bond acceptors (Lipinski definition) is 3. The van der Waals surface area contributed by atoms with E-state index in [9.17, 15) is 5.11 Å². The summed E-state index contributed by atoms with van der Waals surface area (Å²) in [6.45, 7) is 5.58. The van der Waals surface area contributed by atoms with E-state index in [1.807, 2.05) is 19.1 Å². The molecule has 0 spiro atoms. The van der Waals surface area contributed by atoms with Crippen molar-refractivity contribution in [1.29, 1.82) is 0 Å². The standard InChI is InChI=1S/C12H17Br2NO2/c1-3-17-12-9(7-15-6-8(2)16)4-10(13)5-11(12)14/h4-5,8,15-16H,3,6-7H2,1-2H3/t8-/m0/s1. The van der Waals surface area contributed by atoms with Crippen molar-refractivity contribution in [3.63, 3.8) is 0 Å². The highest BCUT2D eigenvalue weighted by Gasteiger charge is 2.09. The van der Waals surface area contributed by atoms with E-state index < -0.39 is 0 Å². The van der Waals surface area contributed by atoms with E-state index in [-0.39, 0.29) is 6.10 Å². The zero-order valence-electron chi connectivity index (χ0n) is 9.96. The molecular weight excluding hydrogens is 350 g/mol. The Bertz CT molecular complexity index is 370. The summed E-state index contributed by atoms with van der Waals surface area (Å²) in [6.07, 6.45) is -0.346. The zero-order valence-corrected chi connectivity index (χ0v) is 13.1. The molecule has 5 heteroatoms. The summed E-state index contributed by atoms with van der Waals surface area (Å²) in [5, 5.41) is 12.4. The maximum atomic E-state index is 9.20. The lowest BCUT2D eigenvalue weighted by molar-refractivity contribution is 0.190. The van der Waals surface area contributed by atoms with Crippen LogP contribution in [0.4, 0.5) is 0 Å². The van der Waals surface area contributed by atoms with Gasteiger partial charge in [-0.2, -0.15) is 0 Å². The van der Waals surface area contributed by atoms with Crippen LogP contribution in [0.25, 0.3) is 0 Å². The molecule has 0 bridgehead atoms. The maximum absolute atomic E-state index is 9.20. The first-order chi connectivity index (χ1) is 8.04. The van der Waals surface area contributed by atoms with Gasteiger partial charge in [-0.25, -0.2) is 0 Å². The molecule has 0 saturated carbocycles. The Morgan fingerprint density at radius 3 is 2.71 bits per heavy atom. The van der Waals surface area contributed by atoms with Gasteiger partial charge >= 0.3 is 0 Å². The predicted octanol–water partition coefficient (Wildman–Crippen LogP) is 3.08. The molecule has 0 aliphatic carbocycles. The van der Waals surface area contributed by atoms with Crippen molar-refractivity contribution in [3.05, 3.63) is 26.6 Å². The van der Waals surface area contributed by atoms with Crippen LogP contribution in [0.5, 0.6) is 5.75 Å². The molecule has 0 fully saturated rings. The molecule has 1 atom stereocenters. The van der Waals surface area contributed by atoms with E-state index in [0.717, 1.165) is 20.3 Å².